The van der Waals surface area contributed by atoms with Crippen molar-refractivity contribution >= 4 is 11.6 Å². The van der Waals surface area contributed by atoms with Crippen LogP contribution in [0.2, 0.25) is 0 Å². The molecule has 128 valence electrons. The molecular formula is C18H25N5O. The van der Waals surface area contributed by atoms with Crippen molar-refractivity contribution in [3.63, 3.8) is 0 Å². The van der Waals surface area contributed by atoms with E-state index in [1.165, 1.54) is 5.69 Å². The van der Waals surface area contributed by atoms with Gasteiger partial charge in [-0.2, -0.15) is 0 Å². The lowest BCUT2D eigenvalue weighted by Crippen LogP contribution is -2.44. The Hall–Kier alpha value is -2.50. The van der Waals surface area contributed by atoms with Gasteiger partial charge in [0.1, 0.15) is 5.76 Å². The van der Waals surface area contributed by atoms with E-state index in [2.05, 4.69) is 49.8 Å². The van der Waals surface area contributed by atoms with E-state index in [-0.39, 0.29) is 0 Å². The van der Waals surface area contributed by atoms with Crippen molar-refractivity contribution in [1.29, 1.82) is 0 Å². The summed E-state index contributed by atoms with van der Waals surface area (Å²) < 4.78 is 5.59. The molecule has 0 amide bonds. The van der Waals surface area contributed by atoms with Crippen LogP contribution in [0.25, 0.3) is 0 Å². The van der Waals surface area contributed by atoms with E-state index in [4.69, 9.17) is 4.42 Å². The Morgan fingerprint density at radius 2 is 2.12 bits per heavy atom. The first kappa shape index (κ1) is 16.4. The first-order valence-electron chi connectivity index (χ1n) is 8.36. The molecular weight excluding hydrogens is 302 g/mol. The van der Waals surface area contributed by atoms with Crippen LogP contribution < -0.4 is 15.5 Å². The quantitative estimate of drug-likeness (QED) is 0.666. The lowest BCUT2D eigenvalue weighted by molar-refractivity contribution is 0.463. The fourth-order valence-corrected chi connectivity index (χ4v) is 2.91. The number of nitrogens with zero attached hydrogens (tertiary/aromatic N) is 3. The molecule has 1 saturated heterocycles. The summed E-state index contributed by atoms with van der Waals surface area (Å²) >= 11 is 0. The third kappa shape index (κ3) is 3.88. The van der Waals surface area contributed by atoms with Gasteiger partial charge in [0.05, 0.1) is 12.2 Å². The number of rotatable bonds is 4. The fourth-order valence-electron chi connectivity index (χ4n) is 2.91. The van der Waals surface area contributed by atoms with Crippen LogP contribution in [0.4, 0.5) is 5.69 Å². The maximum Gasteiger partial charge on any atom is 0.214 e. The predicted octanol–water partition coefficient (Wildman–Crippen LogP) is 2.24. The number of aromatic nitrogens is 1. The van der Waals surface area contributed by atoms with Gasteiger partial charge in [0.2, 0.25) is 5.89 Å². The van der Waals surface area contributed by atoms with Crippen molar-refractivity contribution in [2.45, 2.75) is 32.9 Å². The number of aryl methyl sites for hydroxylation is 2. The molecule has 0 aliphatic carbocycles. The number of guanidine groups is 1. The van der Waals surface area contributed by atoms with Crippen molar-refractivity contribution in [3.05, 3.63) is 47.7 Å². The third-order valence-corrected chi connectivity index (χ3v) is 4.35. The van der Waals surface area contributed by atoms with E-state index in [0.717, 1.165) is 36.9 Å². The smallest absolute Gasteiger partial charge is 0.214 e. The first-order chi connectivity index (χ1) is 11.7. The Balaban J connectivity index is 1.51. The molecule has 0 spiro atoms. The number of anilines is 1. The molecule has 24 heavy (non-hydrogen) atoms. The summed E-state index contributed by atoms with van der Waals surface area (Å²) in [6, 6.07) is 10.9. The number of benzene rings is 1. The van der Waals surface area contributed by atoms with Crippen LogP contribution in [-0.2, 0) is 6.54 Å². The van der Waals surface area contributed by atoms with Gasteiger partial charge in [-0.15, -0.1) is 0 Å². The minimum Gasteiger partial charge on any atom is -0.444 e. The fraction of sp³-hybridized carbons (Fsp3) is 0.444. The van der Waals surface area contributed by atoms with E-state index in [9.17, 15) is 0 Å². The molecule has 1 atom stereocenters. The van der Waals surface area contributed by atoms with Crippen molar-refractivity contribution in [2.24, 2.45) is 4.99 Å². The molecule has 2 N–H and O–H groups in total. The standard InChI is InChI=1S/C18H25N5O/c1-13-14(2)24-17(21-13)11-20-18(19-3)22-15-9-10-23(12-15)16-7-5-4-6-8-16/h4-8,15H,9-12H2,1-3H3,(H2,19,20,22). The minimum absolute atomic E-state index is 0.379. The van der Waals surface area contributed by atoms with Gasteiger partial charge in [-0.3, -0.25) is 4.99 Å². The van der Waals surface area contributed by atoms with Gasteiger partial charge in [-0.05, 0) is 32.4 Å². The summed E-state index contributed by atoms with van der Waals surface area (Å²) in [5.41, 5.74) is 2.21. The number of hydrogen-bond donors (Lipinski definition) is 2. The summed E-state index contributed by atoms with van der Waals surface area (Å²) in [4.78, 5) is 11.1. The Kier molecular flexibility index (Phi) is 5.03. The second-order valence-corrected chi connectivity index (χ2v) is 6.09. The second-order valence-electron chi connectivity index (χ2n) is 6.09. The van der Waals surface area contributed by atoms with Crippen molar-refractivity contribution in [3.8, 4) is 0 Å². The van der Waals surface area contributed by atoms with Crippen LogP contribution in [0.5, 0.6) is 0 Å². The lowest BCUT2D eigenvalue weighted by Gasteiger charge is -2.20. The average Bonchev–Trinajstić information content (AvgIpc) is 3.19. The largest absolute Gasteiger partial charge is 0.444 e. The monoisotopic (exact) mass is 327 g/mol. The normalized spacial score (nSPS) is 18.0. The number of hydrogen-bond acceptors (Lipinski definition) is 4. The van der Waals surface area contributed by atoms with Gasteiger partial charge in [0.15, 0.2) is 5.96 Å². The zero-order valence-corrected chi connectivity index (χ0v) is 14.5. The van der Waals surface area contributed by atoms with Gasteiger partial charge in [0, 0.05) is 31.9 Å². The zero-order chi connectivity index (χ0) is 16.9. The lowest BCUT2D eigenvalue weighted by atomic mass is 10.3. The summed E-state index contributed by atoms with van der Waals surface area (Å²) in [5.74, 6) is 2.33. The van der Waals surface area contributed by atoms with Crippen LogP contribution in [0.15, 0.2) is 39.7 Å². The molecule has 2 heterocycles. The molecule has 2 aromatic rings. The molecule has 3 rings (SSSR count). The Labute approximate surface area is 143 Å². The Morgan fingerprint density at radius 3 is 2.79 bits per heavy atom. The number of oxazole rings is 1. The summed E-state index contributed by atoms with van der Waals surface area (Å²) in [7, 11) is 1.78. The van der Waals surface area contributed by atoms with Crippen LogP contribution >= 0.6 is 0 Å². The van der Waals surface area contributed by atoms with E-state index >= 15 is 0 Å². The molecule has 1 fully saturated rings. The van der Waals surface area contributed by atoms with Crippen LogP contribution in [0.1, 0.15) is 23.8 Å². The number of para-hydroxylation sites is 1. The first-order valence-corrected chi connectivity index (χ1v) is 8.36. The predicted molar refractivity (Wildman–Crippen MR) is 96.4 cm³/mol. The second kappa shape index (κ2) is 7.38. The zero-order valence-electron chi connectivity index (χ0n) is 14.5. The van der Waals surface area contributed by atoms with E-state index < -0.39 is 0 Å². The SMILES string of the molecule is CN=C(NCc1nc(C)c(C)o1)NC1CCN(c2ccccc2)C1. The van der Waals surface area contributed by atoms with Gasteiger partial charge < -0.3 is 20.0 Å². The Bertz CT molecular complexity index is 675. The molecule has 1 aliphatic heterocycles. The van der Waals surface area contributed by atoms with E-state index in [1.54, 1.807) is 7.05 Å². The molecule has 1 aromatic heterocycles. The van der Waals surface area contributed by atoms with Gasteiger partial charge in [-0.25, -0.2) is 4.98 Å². The highest BCUT2D eigenvalue weighted by Crippen LogP contribution is 2.19. The third-order valence-electron chi connectivity index (χ3n) is 4.35. The summed E-state index contributed by atoms with van der Waals surface area (Å²) in [5, 5.41) is 6.76. The molecule has 1 unspecified atom stereocenters. The molecule has 0 saturated carbocycles. The van der Waals surface area contributed by atoms with Crippen LogP contribution in [0, 0.1) is 13.8 Å². The summed E-state index contributed by atoms with van der Waals surface area (Å²) in [6.45, 7) is 6.43. The molecule has 1 aliphatic rings. The maximum absolute atomic E-state index is 5.59. The molecule has 6 nitrogen and oxygen atoms in total. The molecule has 0 bridgehead atoms. The summed E-state index contributed by atoms with van der Waals surface area (Å²) in [6.07, 6.45) is 1.09. The van der Waals surface area contributed by atoms with Gasteiger partial charge in [-0.1, -0.05) is 18.2 Å². The number of aliphatic imine (C=N–C) groups is 1. The highest BCUT2D eigenvalue weighted by molar-refractivity contribution is 5.80. The van der Waals surface area contributed by atoms with Crippen molar-refractivity contribution in [1.82, 2.24) is 15.6 Å². The van der Waals surface area contributed by atoms with Crippen LogP contribution in [0.3, 0.4) is 0 Å². The highest BCUT2D eigenvalue weighted by Gasteiger charge is 2.23. The Morgan fingerprint density at radius 1 is 1.33 bits per heavy atom. The molecule has 1 aromatic carbocycles. The van der Waals surface area contributed by atoms with E-state index in [1.807, 2.05) is 19.9 Å². The van der Waals surface area contributed by atoms with Crippen molar-refractivity contribution in [2.75, 3.05) is 25.0 Å². The van der Waals surface area contributed by atoms with Gasteiger partial charge in [0.25, 0.3) is 0 Å². The molecule has 0 radical (unpaired) electrons. The van der Waals surface area contributed by atoms with Crippen LogP contribution in [-0.4, -0.2) is 37.1 Å². The average molecular weight is 327 g/mol. The maximum atomic E-state index is 5.59. The minimum atomic E-state index is 0.379. The van der Waals surface area contributed by atoms with Gasteiger partial charge >= 0.3 is 0 Å². The highest BCUT2D eigenvalue weighted by atomic mass is 16.4. The topological polar surface area (TPSA) is 65.7 Å². The molecule has 6 heteroatoms. The van der Waals surface area contributed by atoms with E-state index in [0.29, 0.717) is 18.5 Å². The van der Waals surface area contributed by atoms with Crippen molar-refractivity contribution < 1.29 is 4.42 Å². The number of nitrogens with one attached hydrogen (secondary N) is 2.